The number of carbonyl (C=O) groups excluding carboxylic acids is 1. The summed E-state index contributed by atoms with van der Waals surface area (Å²) in [5.74, 6) is 0.162. The van der Waals surface area contributed by atoms with Crippen LogP contribution in [0.5, 0.6) is 0 Å². The maximum absolute atomic E-state index is 12.4. The molecular formula is C14H19N3O. The monoisotopic (exact) mass is 245 g/mol. The van der Waals surface area contributed by atoms with Gasteiger partial charge in [-0.2, -0.15) is 0 Å². The predicted molar refractivity (Wildman–Crippen MR) is 72.0 cm³/mol. The smallest absolute Gasteiger partial charge is 0.253 e. The van der Waals surface area contributed by atoms with Gasteiger partial charge < -0.3 is 15.5 Å². The second kappa shape index (κ2) is 4.98. The molecule has 2 N–H and O–H groups in total. The number of hydrogen-bond donors (Lipinski definition) is 2. The van der Waals surface area contributed by atoms with Crippen LogP contribution in [0.15, 0.2) is 18.2 Å². The Balaban J connectivity index is 1.79. The molecule has 0 aromatic heterocycles. The van der Waals surface area contributed by atoms with Crippen LogP contribution in [-0.4, -0.2) is 43.5 Å². The summed E-state index contributed by atoms with van der Waals surface area (Å²) in [6.07, 6.45) is 2.10. The summed E-state index contributed by atoms with van der Waals surface area (Å²) in [5.41, 5.74) is 3.27. The van der Waals surface area contributed by atoms with Crippen LogP contribution < -0.4 is 10.6 Å². The number of nitrogens with one attached hydrogen (secondary N) is 2. The molecule has 0 atom stereocenters. The zero-order chi connectivity index (χ0) is 12.4. The Morgan fingerprint density at radius 2 is 2.11 bits per heavy atom. The van der Waals surface area contributed by atoms with Gasteiger partial charge in [-0.15, -0.1) is 0 Å². The number of benzene rings is 1. The van der Waals surface area contributed by atoms with Gasteiger partial charge in [-0.25, -0.2) is 0 Å². The molecule has 96 valence electrons. The molecule has 0 aliphatic carbocycles. The zero-order valence-corrected chi connectivity index (χ0v) is 10.5. The first-order valence-electron chi connectivity index (χ1n) is 6.71. The maximum Gasteiger partial charge on any atom is 0.253 e. The molecule has 18 heavy (non-hydrogen) atoms. The average Bonchev–Trinajstić information content (AvgIpc) is 2.69. The van der Waals surface area contributed by atoms with Crippen LogP contribution in [0.1, 0.15) is 22.3 Å². The van der Waals surface area contributed by atoms with Crippen molar-refractivity contribution >= 4 is 11.6 Å². The van der Waals surface area contributed by atoms with E-state index in [2.05, 4.69) is 16.7 Å². The number of hydrogen-bond acceptors (Lipinski definition) is 3. The van der Waals surface area contributed by atoms with Gasteiger partial charge in [-0.05, 0) is 37.1 Å². The summed E-state index contributed by atoms with van der Waals surface area (Å²) >= 11 is 0. The first-order valence-corrected chi connectivity index (χ1v) is 6.71. The summed E-state index contributed by atoms with van der Waals surface area (Å²) in [6.45, 7) is 4.56. The number of fused-ring (bicyclic) bond motifs is 1. The third-order valence-electron chi connectivity index (χ3n) is 3.69. The molecule has 1 aromatic carbocycles. The van der Waals surface area contributed by atoms with Gasteiger partial charge in [0.1, 0.15) is 0 Å². The Kier molecular flexibility index (Phi) is 3.19. The lowest BCUT2D eigenvalue weighted by molar-refractivity contribution is 0.0766. The summed E-state index contributed by atoms with van der Waals surface area (Å²) in [4.78, 5) is 14.4. The van der Waals surface area contributed by atoms with Gasteiger partial charge in [0.05, 0.1) is 0 Å². The van der Waals surface area contributed by atoms with Crippen LogP contribution in [0, 0.1) is 0 Å². The Morgan fingerprint density at radius 1 is 1.17 bits per heavy atom. The minimum Gasteiger partial charge on any atom is -0.384 e. The largest absolute Gasteiger partial charge is 0.384 e. The molecule has 2 aliphatic rings. The molecule has 1 aromatic rings. The molecule has 0 spiro atoms. The van der Waals surface area contributed by atoms with E-state index < -0.39 is 0 Å². The van der Waals surface area contributed by atoms with Crippen LogP contribution in [0.3, 0.4) is 0 Å². The van der Waals surface area contributed by atoms with Gasteiger partial charge in [-0.3, -0.25) is 4.79 Å². The van der Waals surface area contributed by atoms with E-state index in [0.717, 1.165) is 56.8 Å². The summed E-state index contributed by atoms with van der Waals surface area (Å²) in [7, 11) is 0. The lowest BCUT2D eigenvalue weighted by Crippen LogP contribution is -2.34. The third-order valence-corrected chi connectivity index (χ3v) is 3.69. The molecule has 2 heterocycles. The summed E-state index contributed by atoms with van der Waals surface area (Å²) in [5, 5.41) is 6.65. The topological polar surface area (TPSA) is 44.4 Å². The number of nitrogens with zero attached hydrogens (tertiary/aromatic N) is 1. The summed E-state index contributed by atoms with van der Waals surface area (Å²) in [6, 6.07) is 6.05. The molecule has 3 rings (SSSR count). The Morgan fingerprint density at radius 3 is 3.06 bits per heavy atom. The minimum absolute atomic E-state index is 0.162. The van der Waals surface area contributed by atoms with Crippen molar-refractivity contribution < 1.29 is 4.79 Å². The van der Waals surface area contributed by atoms with E-state index in [1.54, 1.807) is 0 Å². The second-order valence-electron chi connectivity index (χ2n) is 4.94. The number of carbonyl (C=O) groups is 1. The first-order chi connectivity index (χ1) is 8.84. The lowest BCUT2D eigenvalue weighted by Gasteiger charge is -2.20. The van der Waals surface area contributed by atoms with Gasteiger partial charge in [-0.1, -0.05) is 6.07 Å². The molecule has 1 amide bonds. The van der Waals surface area contributed by atoms with Crippen molar-refractivity contribution in [2.24, 2.45) is 0 Å². The Hall–Kier alpha value is -1.55. The van der Waals surface area contributed by atoms with Crippen LogP contribution in [0.25, 0.3) is 0 Å². The van der Waals surface area contributed by atoms with Gasteiger partial charge >= 0.3 is 0 Å². The van der Waals surface area contributed by atoms with E-state index in [1.165, 1.54) is 5.56 Å². The van der Waals surface area contributed by atoms with Crippen molar-refractivity contribution in [1.82, 2.24) is 10.2 Å². The Bertz CT molecular complexity index is 450. The van der Waals surface area contributed by atoms with E-state index in [9.17, 15) is 4.79 Å². The van der Waals surface area contributed by atoms with Crippen molar-refractivity contribution in [3.63, 3.8) is 0 Å². The second-order valence-corrected chi connectivity index (χ2v) is 4.94. The van der Waals surface area contributed by atoms with Crippen LogP contribution in [0.2, 0.25) is 0 Å². The fraction of sp³-hybridized carbons (Fsp3) is 0.500. The van der Waals surface area contributed by atoms with Crippen molar-refractivity contribution in [2.45, 2.75) is 12.8 Å². The van der Waals surface area contributed by atoms with E-state index in [1.807, 2.05) is 17.0 Å². The highest BCUT2D eigenvalue weighted by Gasteiger charge is 2.19. The van der Waals surface area contributed by atoms with E-state index in [-0.39, 0.29) is 5.91 Å². The van der Waals surface area contributed by atoms with Gasteiger partial charge in [0, 0.05) is 37.4 Å². The van der Waals surface area contributed by atoms with Crippen LogP contribution in [-0.2, 0) is 6.42 Å². The van der Waals surface area contributed by atoms with Crippen LogP contribution in [0.4, 0.5) is 5.69 Å². The fourth-order valence-corrected chi connectivity index (χ4v) is 2.66. The average molecular weight is 245 g/mol. The van der Waals surface area contributed by atoms with E-state index in [0.29, 0.717) is 0 Å². The number of amides is 1. The molecule has 0 radical (unpaired) electrons. The van der Waals surface area contributed by atoms with Crippen molar-refractivity contribution in [1.29, 1.82) is 0 Å². The predicted octanol–water partition coefficient (Wildman–Crippen LogP) is 1.09. The third kappa shape index (κ3) is 2.20. The SMILES string of the molecule is O=C(c1ccc2c(c1)NCC2)N1CCCNCC1. The zero-order valence-electron chi connectivity index (χ0n) is 10.5. The highest BCUT2D eigenvalue weighted by atomic mass is 16.2. The van der Waals surface area contributed by atoms with Gasteiger partial charge in [0.15, 0.2) is 0 Å². The maximum atomic E-state index is 12.4. The van der Waals surface area contributed by atoms with E-state index >= 15 is 0 Å². The normalized spacial score (nSPS) is 19.0. The molecule has 0 unspecified atom stereocenters. The fourth-order valence-electron chi connectivity index (χ4n) is 2.66. The Labute approximate surface area is 107 Å². The molecule has 0 saturated carbocycles. The molecule has 4 nitrogen and oxygen atoms in total. The van der Waals surface area contributed by atoms with Crippen molar-refractivity contribution in [2.75, 3.05) is 38.0 Å². The molecule has 4 heteroatoms. The van der Waals surface area contributed by atoms with E-state index in [4.69, 9.17) is 0 Å². The van der Waals surface area contributed by atoms with Crippen molar-refractivity contribution in [3.05, 3.63) is 29.3 Å². The molecule has 1 fully saturated rings. The highest BCUT2D eigenvalue weighted by molar-refractivity contribution is 5.95. The molecule has 2 aliphatic heterocycles. The molecular weight excluding hydrogens is 226 g/mol. The van der Waals surface area contributed by atoms with Crippen molar-refractivity contribution in [3.8, 4) is 0 Å². The summed E-state index contributed by atoms with van der Waals surface area (Å²) < 4.78 is 0. The minimum atomic E-state index is 0.162. The molecule has 0 bridgehead atoms. The van der Waals surface area contributed by atoms with Gasteiger partial charge in [0.25, 0.3) is 5.91 Å². The van der Waals surface area contributed by atoms with Gasteiger partial charge in [0.2, 0.25) is 0 Å². The highest BCUT2D eigenvalue weighted by Crippen LogP contribution is 2.23. The number of rotatable bonds is 1. The first kappa shape index (κ1) is 11.5. The quantitative estimate of drug-likeness (QED) is 0.778. The standard InChI is InChI=1S/C14H19N3O/c18-14(17-8-1-5-15-7-9-17)12-3-2-11-4-6-16-13(11)10-12/h2-3,10,15-16H,1,4-9H2. The number of anilines is 1. The lowest BCUT2D eigenvalue weighted by atomic mass is 10.1. The van der Waals surface area contributed by atoms with Crippen LogP contribution >= 0.6 is 0 Å². The molecule has 1 saturated heterocycles.